The van der Waals surface area contributed by atoms with E-state index in [1.165, 1.54) is 37.3 Å². The molecule has 160 valence electrons. The monoisotopic (exact) mass is 408 g/mol. The van der Waals surface area contributed by atoms with Gasteiger partial charge in [0, 0.05) is 23.9 Å². The zero-order chi connectivity index (χ0) is 20.4. The summed E-state index contributed by atoms with van der Waals surface area (Å²) in [5.74, 6) is 2.41. The van der Waals surface area contributed by atoms with E-state index in [2.05, 4.69) is 15.0 Å². The Kier molecular flexibility index (Phi) is 5.25. The molecule has 0 radical (unpaired) electrons. The highest BCUT2D eigenvalue weighted by Gasteiger charge is 2.52. The van der Waals surface area contributed by atoms with E-state index in [1.54, 1.807) is 0 Å². The highest BCUT2D eigenvalue weighted by atomic mass is 16.5. The van der Waals surface area contributed by atoms with Gasteiger partial charge in [0.1, 0.15) is 18.3 Å². The second-order valence-electron chi connectivity index (χ2n) is 9.50. The Labute approximate surface area is 178 Å². The first kappa shape index (κ1) is 19.6. The Bertz CT molecular complexity index is 867. The van der Waals surface area contributed by atoms with Crippen molar-refractivity contribution in [3.8, 4) is 0 Å². The maximum Gasteiger partial charge on any atom is 0.407 e. The van der Waals surface area contributed by atoms with Crippen molar-refractivity contribution in [1.82, 2.24) is 20.1 Å². The molecular formula is C24H32N4O2. The molecule has 3 fully saturated rings. The number of rotatable bonds is 4. The molecule has 1 aromatic carbocycles. The van der Waals surface area contributed by atoms with Gasteiger partial charge < -0.3 is 14.6 Å². The molecule has 2 heterocycles. The minimum absolute atomic E-state index is 0.116. The van der Waals surface area contributed by atoms with E-state index in [-0.39, 0.29) is 17.0 Å². The molecule has 2 bridgehead atoms. The Morgan fingerprint density at radius 2 is 1.70 bits per heavy atom. The summed E-state index contributed by atoms with van der Waals surface area (Å²) in [6.07, 6.45) is 12.0. The van der Waals surface area contributed by atoms with Gasteiger partial charge in [0.05, 0.1) is 0 Å². The van der Waals surface area contributed by atoms with E-state index >= 15 is 0 Å². The predicted molar refractivity (Wildman–Crippen MR) is 114 cm³/mol. The molecule has 6 heteroatoms. The van der Waals surface area contributed by atoms with Gasteiger partial charge >= 0.3 is 6.09 Å². The Hall–Kier alpha value is -2.37. The quantitative estimate of drug-likeness (QED) is 0.798. The van der Waals surface area contributed by atoms with Crippen LogP contribution < -0.4 is 5.32 Å². The molecule has 0 atom stereocenters. The maximum absolute atomic E-state index is 12.5. The van der Waals surface area contributed by atoms with Gasteiger partial charge in [-0.1, -0.05) is 43.2 Å². The molecule has 6 rings (SSSR count). The Morgan fingerprint density at radius 1 is 0.967 bits per heavy atom. The zero-order valence-electron chi connectivity index (χ0n) is 17.7. The van der Waals surface area contributed by atoms with Crippen LogP contribution in [0.3, 0.4) is 0 Å². The minimum Gasteiger partial charge on any atom is -0.445 e. The summed E-state index contributed by atoms with van der Waals surface area (Å²) in [4.78, 5) is 12.5. The van der Waals surface area contributed by atoms with Crippen molar-refractivity contribution < 1.29 is 9.53 Å². The SMILES string of the molecule is O=C(NC12CCC(c3nnc4n3CCCCCC4)(CC1)CC2)OCc1ccccc1. The number of nitrogens with one attached hydrogen (secondary N) is 1. The summed E-state index contributed by atoms with van der Waals surface area (Å²) in [7, 11) is 0. The number of benzene rings is 1. The van der Waals surface area contributed by atoms with Crippen LogP contribution in [0.15, 0.2) is 30.3 Å². The Morgan fingerprint density at radius 3 is 2.47 bits per heavy atom. The van der Waals surface area contributed by atoms with Gasteiger partial charge in [-0.05, 0) is 56.9 Å². The van der Waals surface area contributed by atoms with Gasteiger partial charge in [0.2, 0.25) is 0 Å². The average molecular weight is 409 g/mol. The topological polar surface area (TPSA) is 69.0 Å². The second kappa shape index (κ2) is 8.05. The summed E-state index contributed by atoms with van der Waals surface area (Å²) in [5.41, 5.74) is 1.04. The van der Waals surface area contributed by atoms with Crippen molar-refractivity contribution >= 4 is 6.09 Å². The van der Waals surface area contributed by atoms with Gasteiger partial charge in [-0.3, -0.25) is 0 Å². The molecule has 2 aromatic rings. The van der Waals surface area contributed by atoms with Crippen molar-refractivity contribution in [3.63, 3.8) is 0 Å². The number of ether oxygens (including phenoxy) is 1. The van der Waals surface area contributed by atoms with Crippen molar-refractivity contribution in [1.29, 1.82) is 0 Å². The third-order valence-electron chi connectivity index (χ3n) is 7.66. The normalized spacial score (nSPS) is 28.3. The van der Waals surface area contributed by atoms with Crippen LogP contribution in [0.1, 0.15) is 81.4 Å². The highest BCUT2D eigenvalue weighted by Crippen LogP contribution is 2.53. The number of carbonyl (C=O) groups is 1. The lowest BCUT2D eigenvalue weighted by Crippen LogP contribution is -2.58. The van der Waals surface area contributed by atoms with E-state index < -0.39 is 0 Å². The molecule has 0 unspecified atom stereocenters. The molecule has 1 amide bonds. The van der Waals surface area contributed by atoms with Crippen LogP contribution >= 0.6 is 0 Å². The van der Waals surface area contributed by atoms with Crippen LogP contribution in [-0.2, 0) is 29.7 Å². The summed E-state index contributed by atoms with van der Waals surface area (Å²) in [6.45, 7) is 1.38. The number of fused-ring (bicyclic) bond motifs is 4. The zero-order valence-corrected chi connectivity index (χ0v) is 17.7. The third kappa shape index (κ3) is 3.72. The van der Waals surface area contributed by atoms with Crippen LogP contribution in [-0.4, -0.2) is 26.4 Å². The minimum atomic E-state index is -0.291. The van der Waals surface area contributed by atoms with Crippen molar-refractivity contribution in [2.45, 2.75) is 94.7 Å². The molecular weight excluding hydrogens is 376 g/mol. The average Bonchev–Trinajstić information content (AvgIpc) is 3.16. The Balaban J connectivity index is 1.23. The molecule has 3 saturated carbocycles. The lowest BCUT2D eigenvalue weighted by Gasteiger charge is -2.52. The van der Waals surface area contributed by atoms with Gasteiger partial charge in [0.15, 0.2) is 0 Å². The van der Waals surface area contributed by atoms with Gasteiger partial charge in [-0.25, -0.2) is 4.79 Å². The largest absolute Gasteiger partial charge is 0.445 e. The van der Waals surface area contributed by atoms with E-state index in [1.807, 2.05) is 30.3 Å². The van der Waals surface area contributed by atoms with Crippen LogP contribution in [0.2, 0.25) is 0 Å². The first-order chi connectivity index (χ1) is 14.7. The summed E-state index contributed by atoms with van der Waals surface area (Å²) in [5, 5.41) is 12.5. The van der Waals surface area contributed by atoms with Crippen molar-refractivity contribution in [2.75, 3.05) is 0 Å². The molecule has 1 N–H and O–H groups in total. The molecule has 1 aliphatic heterocycles. The second-order valence-corrected chi connectivity index (χ2v) is 9.50. The fourth-order valence-electron chi connectivity index (χ4n) is 5.74. The first-order valence-electron chi connectivity index (χ1n) is 11.6. The van der Waals surface area contributed by atoms with Gasteiger partial charge in [-0.15, -0.1) is 10.2 Å². The van der Waals surface area contributed by atoms with Gasteiger partial charge in [0.25, 0.3) is 0 Å². The van der Waals surface area contributed by atoms with E-state index in [4.69, 9.17) is 9.84 Å². The van der Waals surface area contributed by atoms with Crippen LogP contribution in [0.4, 0.5) is 4.79 Å². The van der Waals surface area contributed by atoms with E-state index in [9.17, 15) is 4.79 Å². The molecule has 30 heavy (non-hydrogen) atoms. The third-order valence-corrected chi connectivity index (χ3v) is 7.66. The molecule has 0 spiro atoms. The summed E-state index contributed by atoms with van der Waals surface area (Å²) < 4.78 is 7.94. The fourth-order valence-corrected chi connectivity index (χ4v) is 5.74. The van der Waals surface area contributed by atoms with Crippen LogP contribution in [0.5, 0.6) is 0 Å². The lowest BCUT2D eigenvalue weighted by molar-refractivity contribution is 0.0575. The molecule has 0 saturated heterocycles. The number of carbonyl (C=O) groups excluding carboxylic acids is 1. The van der Waals surface area contributed by atoms with Crippen LogP contribution in [0, 0.1) is 0 Å². The number of amides is 1. The first-order valence-corrected chi connectivity index (χ1v) is 11.6. The molecule has 6 nitrogen and oxygen atoms in total. The number of nitrogens with zero attached hydrogens (tertiary/aromatic N) is 3. The van der Waals surface area contributed by atoms with Crippen LogP contribution in [0.25, 0.3) is 0 Å². The van der Waals surface area contributed by atoms with Crippen molar-refractivity contribution in [2.24, 2.45) is 0 Å². The van der Waals surface area contributed by atoms with Crippen molar-refractivity contribution in [3.05, 3.63) is 47.5 Å². The maximum atomic E-state index is 12.5. The fraction of sp³-hybridized carbons (Fsp3) is 0.625. The number of hydrogen-bond donors (Lipinski definition) is 1. The molecule has 1 aromatic heterocycles. The number of alkyl carbamates (subject to hydrolysis) is 1. The van der Waals surface area contributed by atoms with Gasteiger partial charge in [-0.2, -0.15) is 0 Å². The smallest absolute Gasteiger partial charge is 0.407 e. The molecule has 3 aliphatic carbocycles. The van der Waals surface area contributed by atoms with E-state index in [0.717, 1.165) is 57.1 Å². The summed E-state index contributed by atoms with van der Waals surface area (Å²) >= 11 is 0. The number of hydrogen-bond acceptors (Lipinski definition) is 4. The highest BCUT2D eigenvalue weighted by molar-refractivity contribution is 5.68. The molecule has 4 aliphatic rings. The number of aryl methyl sites for hydroxylation is 1. The lowest BCUT2D eigenvalue weighted by atomic mass is 9.57. The standard InChI is InChI=1S/C24H32N4O2/c29-22(30-18-19-8-4-3-5-9-19)25-24-14-11-23(12-15-24,13-16-24)21-27-26-20-10-6-1-2-7-17-28(20)21/h3-5,8-9H,1-2,6-7,10-18H2,(H,25,29). The number of aromatic nitrogens is 3. The predicted octanol–water partition coefficient (Wildman–Crippen LogP) is 4.67. The van der Waals surface area contributed by atoms with E-state index in [0.29, 0.717) is 6.61 Å². The summed E-state index contributed by atoms with van der Waals surface area (Å²) in [6, 6.07) is 9.85.